The average molecular weight is 370 g/mol. The van der Waals surface area contributed by atoms with E-state index >= 15 is 0 Å². The molecule has 0 bridgehead atoms. The Labute approximate surface area is 159 Å². The largest absolute Gasteiger partial charge is 0.458 e. The monoisotopic (exact) mass is 370 g/mol. The number of aliphatic imine (C=N–C) groups is 1. The topological polar surface area (TPSA) is 89.2 Å². The number of fused-ring (bicyclic) bond motifs is 1. The third-order valence-electron chi connectivity index (χ3n) is 4.16. The molecule has 0 atom stereocenters. The first kappa shape index (κ1) is 18.8. The van der Waals surface area contributed by atoms with Gasteiger partial charge in [0.25, 0.3) is 0 Å². The van der Waals surface area contributed by atoms with Gasteiger partial charge in [-0.05, 0) is 57.0 Å². The molecular formula is C20H26N4O3. The third kappa shape index (κ3) is 5.26. The maximum atomic E-state index is 11.6. The highest BCUT2D eigenvalue weighted by atomic mass is 16.6. The van der Waals surface area contributed by atoms with Gasteiger partial charge in [0.15, 0.2) is 5.96 Å². The Hall–Kier alpha value is -2.96. The minimum atomic E-state index is -0.428. The van der Waals surface area contributed by atoms with Gasteiger partial charge >= 0.3 is 6.09 Å². The van der Waals surface area contributed by atoms with Gasteiger partial charge in [-0.3, -0.25) is 0 Å². The van der Waals surface area contributed by atoms with Crippen LogP contribution in [0.25, 0.3) is 0 Å². The Morgan fingerprint density at radius 3 is 2.96 bits per heavy atom. The lowest BCUT2D eigenvalue weighted by molar-refractivity contribution is 0.115. The Bertz CT molecular complexity index is 783. The number of hydrogen-bond donors (Lipinski definition) is 2. The van der Waals surface area contributed by atoms with E-state index in [1.807, 2.05) is 43.0 Å². The molecule has 27 heavy (non-hydrogen) atoms. The maximum Gasteiger partial charge on any atom is 0.407 e. The molecule has 0 saturated heterocycles. The number of allylic oxidation sites excluding steroid dienone is 3. The summed E-state index contributed by atoms with van der Waals surface area (Å²) in [6.45, 7) is 5.19. The molecule has 7 nitrogen and oxygen atoms in total. The molecule has 0 radical (unpaired) electrons. The van der Waals surface area contributed by atoms with Gasteiger partial charge in [0.05, 0.1) is 11.8 Å². The van der Waals surface area contributed by atoms with E-state index in [1.165, 1.54) is 0 Å². The van der Waals surface area contributed by atoms with Gasteiger partial charge in [-0.15, -0.1) is 0 Å². The molecule has 1 amide bonds. The van der Waals surface area contributed by atoms with Crippen molar-refractivity contribution in [3.05, 3.63) is 47.7 Å². The molecule has 7 heteroatoms. The SMILES string of the molecule is CC(C)OC(=O)NCCN1Cc2cc(OC3=CCCC=C3)ccc2N=C1N. The Kier molecular flexibility index (Phi) is 6.01. The van der Waals surface area contributed by atoms with Gasteiger partial charge in [-0.1, -0.05) is 6.08 Å². The highest BCUT2D eigenvalue weighted by Gasteiger charge is 2.18. The number of ether oxygens (including phenoxy) is 2. The van der Waals surface area contributed by atoms with Crippen molar-refractivity contribution < 1.29 is 14.3 Å². The van der Waals surface area contributed by atoms with E-state index in [-0.39, 0.29) is 6.10 Å². The molecule has 0 fully saturated rings. The number of nitrogens with zero attached hydrogens (tertiary/aromatic N) is 2. The molecule has 1 aromatic rings. The first-order valence-electron chi connectivity index (χ1n) is 9.22. The third-order valence-corrected chi connectivity index (χ3v) is 4.16. The van der Waals surface area contributed by atoms with Crippen molar-refractivity contribution in [1.29, 1.82) is 0 Å². The zero-order chi connectivity index (χ0) is 19.2. The van der Waals surface area contributed by atoms with Crippen LogP contribution in [0.4, 0.5) is 10.5 Å². The number of nitrogens with one attached hydrogen (secondary N) is 1. The molecular weight excluding hydrogens is 344 g/mol. The highest BCUT2D eigenvalue weighted by Crippen LogP contribution is 2.30. The van der Waals surface area contributed by atoms with Gasteiger partial charge in [0.2, 0.25) is 0 Å². The van der Waals surface area contributed by atoms with Crippen LogP contribution in [0.15, 0.2) is 47.2 Å². The van der Waals surface area contributed by atoms with E-state index in [9.17, 15) is 4.79 Å². The molecule has 144 valence electrons. The number of alkyl carbamates (subject to hydrolysis) is 1. The van der Waals surface area contributed by atoms with Gasteiger partial charge < -0.3 is 25.4 Å². The van der Waals surface area contributed by atoms with Crippen LogP contribution in [0.3, 0.4) is 0 Å². The number of nitrogens with two attached hydrogens (primary N) is 1. The minimum absolute atomic E-state index is 0.147. The van der Waals surface area contributed by atoms with Crippen molar-refractivity contribution in [2.24, 2.45) is 10.7 Å². The number of benzene rings is 1. The smallest absolute Gasteiger partial charge is 0.407 e. The second kappa shape index (κ2) is 8.62. The minimum Gasteiger partial charge on any atom is -0.458 e. The van der Waals surface area contributed by atoms with Gasteiger partial charge in [0, 0.05) is 25.2 Å². The van der Waals surface area contributed by atoms with E-state index in [0.717, 1.165) is 35.6 Å². The van der Waals surface area contributed by atoms with Crippen LogP contribution >= 0.6 is 0 Å². The summed E-state index contributed by atoms with van der Waals surface area (Å²) in [5.74, 6) is 2.08. The Morgan fingerprint density at radius 2 is 2.22 bits per heavy atom. The molecule has 1 heterocycles. The fourth-order valence-electron chi connectivity index (χ4n) is 2.89. The lowest BCUT2D eigenvalue weighted by Gasteiger charge is -2.28. The molecule has 0 saturated carbocycles. The van der Waals surface area contributed by atoms with Crippen LogP contribution in [0.2, 0.25) is 0 Å². The summed E-state index contributed by atoms with van der Waals surface area (Å²) in [5.41, 5.74) is 7.94. The van der Waals surface area contributed by atoms with Crippen molar-refractivity contribution in [1.82, 2.24) is 10.2 Å². The molecule has 2 aliphatic rings. The number of carbonyl (C=O) groups excluding carboxylic acids is 1. The first-order chi connectivity index (χ1) is 13.0. The van der Waals surface area contributed by atoms with E-state index in [0.29, 0.717) is 25.6 Å². The number of amides is 1. The summed E-state index contributed by atoms with van der Waals surface area (Å²) >= 11 is 0. The maximum absolute atomic E-state index is 11.6. The average Bonchev–Trinajstić information content (AvgIpc) is 2.62. The molecule has 3 N–H and O–H groups in total. The standard InChI is InChI=1S/C20H26N4O3/c1-14(2)26-20(25)22-10-11-24-13-15-12-17(8-9-18(15)23-19(24)21)27-16-6-4-3-5-7-16/h4,6-9,12,14H,3,5,10-11,13H2,1-2H3,(H2,21,23)(H,22,25). The zero-order valence-corrected chi connectivity index (χ0v) is 15.8. The van der Waals surface area contributed by atoms with Crippen molar-refractivity contribution >= 4 is 17.7 Å². The van der Waals surface area contributed by atoms with Crippen molar-refractivity contribution in [3.8, 4) is 5.75 Å². The van der Waals surface area contributed by atoms with Gasteiger partial charge in [0.1, 0.15) is 11.5 Å². The second-order valence-electron chi connectivity index (χ2n) is 6.75. The van der Waals surface area contributed by atoms with Gasteiger partial charge in [-0.25, -0.2) is 9.79 Å². The van der Waals surface area contributed by atoms with Crippen LogP contribution in [0.5, 0.6) is 5.75 Å². The van der Waals surface area contributed by atoms with Crippen LogP contribution in [0, 0.1) is 0 Å². The Balaban J connectivity index is 1.60. The molecule has 0 unspecified atom stereocenters. The normalized spacial score (nSPS) is 15.7. The van der Waals surface area contributed by atoms with E-state index in [4.69, 9.17) is 15.2 Å². The fourth-order valence-corrected chi connectivity index (χ4v) is 2.89. The predicted molar refractivity (Wildman–Crippen MR) is 105 cm³/mol. The zero-order valence-electron chi connectivity index (χ0n) is 15.8. The second-order valence-corrected chi connectivity index (χ2v) is 6.75. The molecule has 1 aliphatic heterocycles. The van der Waals surface area contributed by atoms with Crippen LogP contribution < -0.4 is 15.8 Å². The summed E-state index contributed by atoms with van der Waals surface area (Å²) in [6.07, 6.45) is 7.67. The van der Waals surface area contributed by atoms with E-state index in [1.54, 1.807) is 0 Å². The number of guanidine groups is 1. The van der Waals surface area contributed by atoms with Crippen LogP contribution in [-0.2, 0) is 11.3 Å². The lowest BCUT2D eigenvalue weighted by atomic mass is 10.1. The summed E-state index contributed by atoms with van der Waals surface area (Å²) in [4.78, 5) is 17.9. The van der Waals surface area contributed by atoms with E-state index < -0.39 is 6.09 Å². The van der Waals surface area contributed by atoms with Crippen LogP contribution in [0.1, 0.15) is 32.3 Å². The quantitative estimate of drug-likeness (QED) is 0.803. The number of hydrogen-bond acceptors (Lipinski definition) is 6. The molecule has 1 aliphatic carbocycles. The van der Waals surface area contributed by atoms with Crippen LogP contribution in [-0.4, -0.2) is 36.1 Å². The van der Waals surface area contributed by atoms with Crippen molar-refractivity contribution in [3.63, 3.8) is 0 Å². The highest BCUT2D eigenvalue weighted by molar-refractivity contribution is 5.83. The van der Waals surface area contributed by atoms with E-state index in [2.05, 4.69) is 22.5 Å². The van der Waals surface area contributed by atoms with Gasteiger partial charge in [-0.2, -0.15) is 0 Å². The number of carbonyl (C=O) groups is 1. The molecule has 3 rings (SSSR count). The fraction of sp³-hybridized carbons (Fsp3) is 0.400. The van der Waals surface area contributed by atoms with Crippen molar-refractivity contribution in [2.45, 2.75) is 39.3 Å². The first-order valence-corrected chi connectivity index (χ1v) is 9.22. The molecule has 0 spiro atoms. The Morgan fingerprint density at radius 1 is 1.37 bits per heavy atom. The summed E-state index contributed by atoms with van der Waals surface area (Å²) in [6, 6.07) is 5.81. The summed E-state index contributed by atoms with van der Waals surface area (Å²) < 4.78 is 11.0. The molecule has 0 aromatic heterocycles. The summed E-state index contributed by atoms with van der Waals surface area (Å²) in [5, 5.41) is 2.72. The lowest BCUT2D eigenvalue weighted by Crippen LogP contribution is -2.43. The predicted octanol–water partition coefficient (Wildman–Crippen LogP) is 3.20. The molecule has 1 aromatic carbocycles. The summed E-state index contributed by atoms with van der Waals surface area (Å²) in [7, 11) is 0. The number of rotatable bonds is 6. The van der Waals surface area contributed by atoms with Crippen molar-refractivity contribution in [2.75, 3.05) is 13.1 Å².